The molecule has 1 aromatic rings. The van der Waals surface area contributed by atoms with Gasteiger partial charge in [0.25, 0.3) is 0 Å². The number of rotatable bonds is 14. The standard InChI is InChI=1S/C23H46FNO4Si4/c1-25(23(24)26)21-12-11-13-22(20-21)32(9,10)18-16-30(5,6)14-15-31(7,8)17-19-33(27-2,28-3)29-4/h11-13,20H,14-19H2,1-10H3. The molecule has 0 N–H and O–H groups in total. The molecule has 0 spiro atoms. The highest BCUT2D eigenvalue weighted by Crippen LogP contribution is 2.31. The molecule has 0 heterocycles. The molecule has 0 fully saturated rings. The molecule has 0 unspecified atom stereocenters. The van der Waals surface area contributed by atoms with E-state index in [4.69, 9.17) is 13.3 Å². The smallest absolute Gasteiger partial charge is 0.377 e. The van der Waals surface area contributed by atoms with Crippen LogP contribution in [0.2, 0.25) is 75.5 Å². The lowest BCUT2D eigenvalue weighted by Gasteiger charge is -2.33. The van der Waals surface area contributed by atoms with E-state index in [9.17, 15) is 9.18 Å². The second-order valence-corrected chi connectivity index (χ2v) is 30.0. The third-order valence-electron chi connectivity index (χ3n) is 7.22. The lowest BCUT2D eigenvalue weighted by Crippen LogP contribution is -2.45. The highest BCUT2D eigenvalue weighted by atomic mass is 28.4. The Balaban J connectivity index is 2.73. The Hall–Kier alpha value is -0.632. The molecule has 0 radical (unpaired) electrons. The SMILES string of the molecule is CO[Si](CC[Si](C)(C)CC[Si](C)(C)CC[Si](C)(C)c1cccc(N(C)C(=O)F)c1)(OC)OC. The Labute approximate surface area is 205 Å². The lowest BCUT2D eigenvalue weighted by atomic mass is 10.3. The molecule has 1 aromatic carbocycles. The molecule has 0 saturated heterocycles. The second-order valence-electron chi connectivity index (χ2n) is 11.4. The predicted octanol–water partition coefficient (Wildman–Crippen LogP) is 6.42. The summed E-state index contributed by atoms with van der Waals surface area (Å²) < 4.78 is 30.0. The normalized spacial score (nSPS) is 13.3. The lowest BCUT2D eigenvalue weighted by molar-refractivity contribution is 0.125. The molecule has 5 nitrogen and oxygen atoms in total. The minimum absolute atomic E-state index is 0.632. The van der Waals surface area contributed by atoms with Crippen molar-refractivity contribution >= 4 is 50.1 Å². The summed E-state index contributed by atoms with van der Waals surface area (Å²) in [6, 6.07) is 15.1. The zero-order chi connectivity index (χ0) is 25.5. The molecule has 190 valence electrons. The van der Waals surface area contributed by atoms with Crippen LogP contribution >= 0.6 is 0 Å². The first kappa shape index (κ1) is 30.4. The molecule has 33 heavy (non-hydrogen) atoms. The van der Waals surface area contributed by atoms with Gasteiger partial charge in [0.2, 0.25) is 0 Å². The maximum Gasteiger partial charge on any atom is 0.499 e. The number of amides is 1. The maximum absolute atomic E-state index is 13.2. The summed E-state index contributed by atoms with van der Waals surface area (Å²) in [5.41, 5.74) is 0.632. The molecule has 10 heteroatoms. The summed E-state index contributed by atoms with van der Waals surface area (Å²) in [5, 5.41) is 1.28. The Morgan fingerprint density at radius 3 is 1.73 bits per heavy atom. The van der Waals surface area contributed by atoms with Crippen LogP contribution in [0.15, 0.2) is 24.3 Å². The predicted molar refractivity (Wildman–Crippen MR) is 149 cm³/mol. The van der Waals surface area contributed by atoms with Crippen LogP contribution in [0.3, 0.4) is 0 Å². The van der Waals surface area contributed by atoms with Crippen LogP contribution in [0.4, 0.5) is 14.9 Å². The van der Waals surface area contributed by atoms with Gasteiger partial charge in [-0.05, 0) is 12.1 Å². The fourth-order valence-electron chi connectivity index (χ4n) is 4.01. The summed E-state index contributed by atoms with van der Waals surface area (Å²) in [7, 11) is -0.344. The van der Waals surface area contributed by atoms with Crippen molar-refractivity contribution in [1.82, 2.24) is 0 Å². The molecule has 1 amide bonds. The molecular formula is C23H46FNO4Si4. The Morgan fingerprint density at radius 1 is 0.818 bits per heavy atom. The van der Waals surface area contributed by atoms with E-state index in [1.54, 1.807) is 27.4 Å². The third kappa shape index (κ3) is 9.50. The number of benzene rings is 1. The molecule has 1 rings (SSSR count). The van der Waals surface area contributed by atoms with Crippen LogP contribution in [-0.2, 0) is 13.3 Å². The summed E-state index contributed by atoms with van der Waals surface area (Å²) in [4.78, 5) is 12.2. The van der Waals surface area contributed by atoms with Crippen molar-refractivity contribution < 1.29 is 22.5 Å². The van der Waals surface area contributed by atoms with Gasteiger partial charge < -0.3 is 13.3 Å². The van der Waals surface area contributed by atoms with E-state index in [0.29, 0.717) is 5.69 Å². The molecule has 0 atom stereocenters. The second kappa shape index (κ2) is 12.4. The van der Waals surface area contributed by atoms with E-state index in [1.165, 1.54) is 36.4 Å². The van der Waals surface area contributed by atoms with E-state index < -0.39 is 39.2 Å². The number of halogens is 1. The van der Waals surface area contributed by atoms with Crippen LogP contribution in [0, 0.1) is 0 Å². The molecular weight excluding hydrogens is 486 g/mol. The van der Waals surface area contributed by atoms with E-state index in [2.05, 4.69) is 45.3 Å². The molecule has 0 aliphatic heterocycles. The zero-order valence-electron chi connectivity index (χ0n) is 22.5. The Morgan fingerprint density at radius 2 is 1.27 bits per heavy atom. The van der Waals surface area contributed by atoms with Crippen LogP contribution in [0.1, 0.15) is 0 Å². The first-order valence-electron chi connectivity index (χ1n) is 11.8. The number of carbonyl (C=O) groups is 1. The first-order valence-corrected chi connectivity index (χ1v) is 23.8. The number of hydrogen-bond donors (Lipinski definition) is 0. The Bertz CT molecular complexity index is 764. The van der Waals surface area contributed by atoms with Crippen LogP contribution in [-0.4, -0.2) is 67.6 Å². The topological polar surface area (TPSA) is 48.0 Å². The van der Waals surface area contributed by atoms with Gasteiger partial charge >= 0.3 is 15.0 Å². The number of anilines is 1. The van der Waals surface area contributed by atoms with Gasteiger partial charge in [0.05, 0.1) is 8.07 Å². The monoisotopic (exact) mass is 531 g/mol. The highest BCUT2D eigenvalue weighted by Gasteiger charge is 2.40. The third-order valence-corrected chi connectivity index (χ3v) is 21.2. The average Bonchev–Trinajstić information content (AvgIpc) is 2.77. The van der Waals surface area contributed by atoms with Gasteiger partial charge in [0, 0.05) is 56.3 Å². The van der Waals surface area contributed by atoms with Gasteiger partial charge in [-0.25, -0.2) is 4.79 Å². The van der Waals surface area contributed by atoms with Gasteiger partial charge in [0.1, 0.15) is 0 Å². The summed E-state index contributed by atoms with van der Waals surface area (Å²) in [5.74, 6) is 0. The average molecular weight is 532 g/mol. The van der Waals surface area contributed by atoms with Crippen LogP contribution in [0.25, 0.3) is 0 Å². The minimum Gasteiger partial charge on any atom is -0.377 e. The first-order chi connectivity index (χ1) is 15.1. The summed E-state index contributed by atoms with van der Waals surface area (Å²) >= 11 is 0. The molecule has 0 saturated carbocycles. The number of hydrogen-bond acceptors (Lipinski definition) is 4. The molecule has 0 aromatic heterocycles. The molecule has 0 aliphatic rings. The van der Waals surface area contributed by atoms with Crippen LogP contribution in [0.5, 0.6) is 0 Å². The summed E-state index contributed by atoms with van der Waals surface area (Å²) in [6.07, 6.45) is -1.42. The van der Waals surface area contributed by atoms with Gasteiger partial charge in [-0.1, -0.05) is 86.8 Å². The summed E-state index contributed by atoms with van der Waals surface area (Å²) in [6.45, 7) is 14.8. The van der Waals surface area contributed by atoms with Crippen molar-refractivity contribution in [2.45, 2.75) is 75.5 Å². The largest absolute Gasteiger partial charge is 0.499 e. The fourth-order valence-corrected chi connectivity index (χ4v) is 21.5. The van der Waals surface area contributed by atoms with Crippen molar-refractivity contribution in [1.29, 1.82) is 0 Å². The maximum atomic E-state index is 13.2. The van der Waals surface area contributed by atoms with Crippen molar-refractivity contribution in [2.75, 3.05) is 33.3 Å². The van der Waals surface area contributed by atoms with Gasteiger partial charge in [-0.15, -0.1) is 4.39 Å². The van der Waals surface area contributed by atoms with E-state index >= 15 is 0 Å². The Kier molecular flexibility index (Phi) is 11.4. The quantitative estimate of drug-likeness (QED) is 0.158. The van der Waals surface area contributed by atoms with E-state index in [-0.39, 0.29) is 0 Å². The highest BCUT2D eigenvalue weighted by molar-refractivity contribution is 6.91. The fraction of sp³-hybridized carbons (Fsp3) is 0.696. The van der Waals surface area contributed by atoms with E-state index in [0.717, 1.165) is 17.0 Å². The van der Waals surface area contributed by atoms with Crippen molar-refractivity contribution in [3.8, 4) is 0 Å². The van der Waals surface area contributed by atoms with Gasteiger partial charge in [-0.2, -0.15) is 0 Å². The zero-order valence-corrected chi connectivity index (χ0v) is 26.5. The van der Waals surface area contributed by atoms with Crippen molar-refractivity contribution in [3.05, 3.63) is 24.3 Å². The van der Waals surface area contributed by atoms with Crippen molar-refractivity contribution in [2.24, 2.45) is 0 Å². The number of nitrogens with zero attached hydrogens (tertiary/aromatic N) is 1. The van der Waals surface area contributed by atoms with Gasteiger partial charge in [0.15, 0.2) is 0 Å². The minimum atomic E-state index is -2.50. The number of carbonyl (C=O) groups excluding carboxylic acids is 1. The van der Waals surface area contributed by atoms with Crippen molar-refractivity contribution in [3.63, 3.8) is 0 Å². The van der Waals surface area contributed by atoms with Crippen LogP contribution < -0.4 is 10.1 Å². The van der Waals surface area contributed by atoms with Gasteiger partial charge in [-0.3, -0.25) is 4.90 Å². The van der Waals surface area contributed by atoms with E-state index in [1.807, 2.05) is 12.1 Å². The molecule has 0 aliphatic carbocycles. The molecule has 0 bridgehead atoms.